The van der Waals surface area contributed by atoms with Gasteiger partial charge in [-0.2, -0.15) is 0 Å². The molecule has 1 heterocycles. The zero-order valence-corrected chi connectivity index (χ0v) is 11.6. The minimum atomic E-state index is -0.279. The van der Waals surface area contributed by atoms with Gasteiger partial charge in [-0.1, -0.05) is 30.3 Å². The van der Waals surface area contributed by atoms with Gasteiger partial charge in [0.05, 0.1) is 0 Å². The number of aryl methyl sites for hydroxylation is 1. The van der Waals surface area contributed by atoms with E-state index < -0.39 is 0 Å². The molecule has 21 heavy (non-hydrogen) atoms. The monoisotopic (exact) mass is 282 g/mol. The van der Waals surface area contributed by atoms with Crippen LogP contribution in [0.25, 0.3) is 10.9 Å². The molecule has 3 rings (SSSR count). The van der Waals surface area contributed by atoms with Gasteiger partial charge in [-0.3, -0.25) is 4.79 Å². The number of benzene rings is 2. The van der Waals surface area contributed by atoms with E-state index in [1.807, 2.05) is 41.9 Å². The average Bonchev–Trinajstić information content (AvgIpc) is 2.84. The van der Waals surface area contributed by atoms with Crippen molar-refractivity contribution in [3.8, 4) is 0 Å². The molecule has 1 N–H and O–H groups in total. The average molecular weight is 282 g/mol. The fourth-order valence-electron chi connectivity index (χ4n) is 2.38. The fraction of sp³-hybridized carbons (Fsp3) is 0.118. The third-order valence-electron chi connectivity index (χ3n) is 3.55. The molecule has 0 saturated heterocycles. The maximum Gasteiger partial charge on any atom is 0.268 e. The second-order valence-electron chi connectivity index (χ2n) is 4.96. The Balaban J connectivity index is 1.78. The predicted molar refractivity (Wildman–Crippen MR) is 80.5 cm³/mol. The maximum absolute atomic E-state index is 12.8. The SMILES string of the molecule is Cn1c(C(=O)NCc2ccc(F)cc2)cc2ccccc21. The van der Waals surface area contributed by atoms with Gasteiger partial charge in [0.1, 0.15) is 11.5 Å². The summed E-state index contributed by atoms with van der Waals surface area (Å²) in [5.41, 5.74) is 2.49. The third-order valence-corrected chi connectivity index (χ3v) is 3.55. The Hall–Kier alpha value is -2.62. The number of para-hydroxylation sites is 1. The lowest BCUT2D eigenvalue weighted by Crippen LogP contribution is -2.24. The van der Waals surface area contributed by atoms with Crippen molar-refractivity contribution < 1.29 is 9.18 Å². The van der Waals surface area contributed by atoms with Gasteiger partial charge in [-0.15, -0.1) is 0 Å². The molecule has 2 aromatic carbocycles. The fourth-order valence-corrected chi connectivity index (χ4v) is 2.38. The number of nitrogens with one attached hydrogen (secondary N) is 1. The van der Waals surface area contributed by atoms with Crippen LogP contribution in [0.15, 0.2) is 54.6 Å². The van der Waals surface area contributed by atoms with Gasteiger partial charge in [-0.05, 0) is 29.8 Å². The Morgan fingerprint density at radius 1 is 1.14 bits per heavy atom. The van der Waals surface area contributed by atoms with Crippen molar-refractivity contribution in [1.82, 2.24) is 9.88 Å². The van der Waals surface area contributed by atoms with Crippen LogP contribution >= 0.6 is 0 Å². The van der Waals surface area contributed by atoms with Crippen molar-refractivity contribution in [2.24, 2.45) is 7.05 Å². The molecule has 4 heteroatoms. The number of rotatable bonds is 3. The van der Waals surface area contributed by atoms with Crippen molar-refractivity contribution in [1.29, 1.82) is 0 Å². The summed E-state index contributed by atoms with van der Waals surface area (Å²) < 4.78 is 14.7. The molecule has 0 aliphatic rings. The molecule has 0 aliphatic carbocycles. The van der Waals surface area contributed by atoms with Gasteiger partial charge in [0.15, 0.2) is 0 Å². The number of carbonyl (C=O) groups excluding carboxylic acids is 1. The van der Waals surface area contributed by atoms with E-state index in [9.17, 15) is 9.18 Å². The Labute approximate surface area is 122 Å². The van der Waals surface area contributed by atoms with Crippen molar-refractivity contribution in [2.75, 3.05) is 0 Å². The number of fused-ring (bicyclic) bond motifs is 1. The van der Waals surface area contributed by atoms with Crippen LogP contribution in [0, 0.1) is 5.82 Å². The van der Waals surface area contributed by atoms with Gasteiger partial charge in [-0.25, -0.2) is 4.39 Å². The summed E-state index contributed by atoms with van der Waals surface area (Å²) in [5.74, 6) is -0.420. The van der Waals surface area contributed by atoms with E-state index in [4.69, 9.17) is 0 Å². The van der Waals surface area contributed by atoms with Crippen LogP contribution < -0.4 is 5.32 Å². The lowest BCUT2D eigenvalue weighted by Gasteiger charge is -2.06. The zero-order chi connectivity index (χ0) is 14.8. The van der Waals surface area contributed by atoms with E-state index in [-0.39, 0.29) is 11.7 Å². The molecular formula is C17H15FN2O. The summed E-state index contributed by atoms with van der Waals surface area (Å²) >= 11 is 0. The number of amides is 1. The molecular weight excluding hydrogens is 267 g/mol. The molecule has 0 atom stereocenters. The summed E-state index contributed by atoms with van der Waals surface area (Å²) in [6, 6.07) is 15.8. The molecule has 1 aromatic heterocycles. The van der Waals surface area contributed by atoms with Crippen LogP contribution in [0.3, 0.4) is 0 Å². The van der Waals surface area contributed by atoms with E-state index >= 15 is 0 Å². The van der Waals surface area contributed by atoms with Crippen LogP contribution in [0.5, 0.6) is 0 Å². The molecule has 0 aliphatic heterocycles. The summed E-state index contributed by atoms with van der Waals surface area (Å²) in [7, 11) is 1.87. The van der Waals surface area contributed by atoms with Gasteiger partial charge in [0, 0.05) is 24.5 Å². The van der Waals surface area contributed by atoms with E-state index in [1.165, 1.54) is 12.1 Å². The van der Waals surface area contributed by atoms with Crippen molar-refractivity contribution in [2.45, 2.75) is 6.54 Å². The Morgan fingerprint density at radius 2 is 1.86 bits per heavy atom. The first-order valence-electron chi connectivity index (χ1n) is 6.72. The second kappa shape index (κ2) is 5.40. The molecule has 0 unspecified atom stereocenters. The van der Waals surface area contributed by atoms with E-state index in [0.717, 1.165) is 16.5 Å². The molecule has 0 spiro atoms. The predicted octanol–water partition coefficient (Wildman–Crippen LogP) is 3.25. The molecule has 0 radical (unpaired) electrons. The topological polar surface area (TPSA) is 34.0 Å². The summed E-state index contributed by atoms with van der Waals surface area (Å²) in [6.45, 7) is 0.376. The molecule has 0 bridgehead atoms. The van der Waals surface area contributed by atoms with E-state index in [1.54, 1.807) is 12.1 Å². The number of halogens is 1. The van der Waals surface area contributed by atoms with Crippen LogP contribution in [0.1, 0.15) is 16.1 Å². The molecule has 106 valence electrons. The molecule has 1 amide bonds. The highest BCUT2D eigenvalue weighted by Gasteiger charge is 2.12. The number of hydrogen-bond donors (Lipinski definition) is 1. The Morgan fingerprint density at radius 3 is 2.57 bits per heavy atom. The van der Waals surface area contributed by atoms with Gasteiger partial charge >= 0.3 is 0 Å². The third kappa shape index (κ3) is 2.65. The minimum absolute atomic E-state index is 0.141. The largest absolute Gasteiger partial charge is 0.347 e. The van der Waals surface area contributed by atoms with Crippen molar-refractivity contribution in [3.05, 3.63) is 71.7 Å². The highest BCUT2D eigenvalue weighted by Crippen LogP contribution is 2.18. The Kier molecular flexibility index (Phi) is 3.44. The van der Waals surface area contributed by atoms with Crippen molar-refractivity contribution in [3.63, 3.8) is 0 Å². The molecule has 3 aromatic rings. The van der Waals surface area contributed by atoms with Gasteiger partial charge in [0.25, 0.3) is 5.91 Å². The zero-order valence-electron chi connectivity index (χ0n) is 11.6. The number of aromatic nitrogens is 1. The number of carbonyl (C=O) groups is 1. The Bertz CT molecular complexity index is 790. The first kappa shape index (κ1) is 13.4. The van der Waals surface area contributed by atoms with Crippen LogP contribution in [0.2, 0.25) is 0 Å². The van der Waals surface area contributed by atoms with Crippen LogP contribution in [-0.4, -0.2) is 10.5 Å². The number of hydrogen-bond acceptors (Lipinski definition) is 1. The summed E-state index contributed by atoms with van der Waals surface area (Å²) in [5, 5.41) is 3.89. The summed E-state index contributed by atoms with van der Waals surface area (Å²) in [4.78, 5) is 12.3. The van der Waals surface area contributed by atoms with Crippen LogP contribution in [0.4, 0.5) is 4.39 Å². The number of nitrogens with zero attached hydrogens (tertiary/aromatic N) is 1. The second-order valence-corrected chi connectivity index (χ2v) is 4.96. The molecule has 0 fully saturated rings. The first-order valence-corrected chi connectivity index (χ1v) is 6.72. The van der Waals surface area contributed by atoms with Crippen LogP contribution in [-0.2, 0) is 13.6 Å². The first-order chi connectivity index (χ1) is 10.1. The molecule has 3 nitrogen and oxygen atoms in total. The standard InChI is InChI=1S/C17H15FN2O/c1-20-15-5-3-2-4-13(15)10-16(20)17(21)19-11-12-6-8-14(18)9-7-12/h2-10H,11H2,1H3,(H,19,21). The van der Waals surface area contributed by atoms with Crippen molar-refractivity contribution >= 4 is 16.8 Å². The normalized spacial score (nSPS) is 10.8. The lowest BCUT2D eigenvalue weighted by molar-refractivity contribution is 0.0943. The minimum Gasteiger partial charge on any atom is -0.347 e. The van der Waals surface area contributed by atoms with E-state index in [0.29, 0.717) is 12.2 Å². The highest BCUT2D eigenvalue weighted by molar-refractivity contribution is 5.98. The summed E-state index contributed by atoms with van der Waals surface area (Å²) in [6.07, 6.45) is 0. The lowest BCUT2D eigenvalue weighted by atomic mass is 10.2. The quantitative estimate of drug-likeness (QED) is 0.786. The smallest absolute Gasteiger partial charge is 0.268 e. The van der Waals surface area contributed by atoms with Gasteiger partial charge in [0.2, 0.25) is 0 Å². The van der Waals surface area contributed by atoms with E-state index in [2.05, 4.69) is 5.32 Å². The molecule has 0 saturated carbocycles. The highest BCUT2D eigenvalue weighted by atomic mass is 19.1. The van der Waals surface area contributed by atoms with Gasteiger partial charge < -0.3 is 9.88 Å². The maximum atomic E-state index is 12.8.